The third-order valence-corrected chi connectivity index (χ3v) is 3.56. The summed E-state index contributed by atoms with van der Waals surface area (Å²) in [6, 6.07) is 3.83. The minimum atomic E-state index is -1.37. The first kappa shape index (κ1) is 14.0. The maximum Gasteiger partial charge on any atom is 0.261 e. The lowest BCUT2D eigenvalue weighted by Gasteiger charge is -2.13. The van der Waals surface area contributed by atoms with Crippen molar-refractivity contribution >= 4 is 17.8 Å². The Bertz CT molecular complexity index is 752. The monoisotopic (exact) mass is 298 g/mol. The van der Waals surface area contributed by atoms with Gasteiger partial charge in [-0.25, -0.2) is 4.98 Å². The SMILES string of the molecule is O=C([O-])c1ccc2c(c1)C(=O)N(CCCn1ccnc1)C2=O. The van der Waals surface area contributed by atoms with E-state index in [0.717, 1.165) is 4.90 Å². The van der Waals surface area contributed by atoms with Crippen LogP contribution in [0.5, 0.6) is 0 Å². The largest absolute Gasteiger partial charge is 0.545 e. The fourth-order valence-corrected chi connectivity index (χ4v) is 2.45. The summed E-state index contributed by atoms with van der Waals surface area (Å²) < 4.78 is 1.85. The molecule has 112 valence electrons. The molecule has 3 rings (SSSR count). The summed E-state index contributed by atoms with van der Waals surface area (Å²) in [6.07, 6.45) is 5.71. The molecular weight excluding hydrogens is 286 g/mol. The Labute approximate surface area is 125 Å². The van der Waals surface area contributed by atoms with Crippen molar-refractivity contribution in [2.24, 2.45) is 0 Å². The molecule has 2 aromatic rings. The van der Waals surface area contributed by atoms with E-state index < -0.39 is 17.8 Å². The van der Waals surface area contributed by atoms with Gasteiger partial charge in [0.2, 0.25) is 0 Å². The molecule has 1 aromatic heterocycles. The molecule has 2 amide bonds. The number of hydrogen-bond acceptors (Lipinski definition) is 5. The van der Waals surface area contributed by atoms with E-state index >= 15 is 0 Å². The number of aromatic nitrogens is 2. The lowest BCUT2D eigenvalue weighted by Crippen LogP contribution is -2.31. The number of nitrogens with zero attached hydrogens (tertiary/aromatic N) is 3. The van der Waals surface area contributed by atoms with Gasteiger partial charge in [-0.3, -0.25) is 14.5 Å². The second-order valence-electron chi connectivity index (χ2n) is 4.96. The van der Waals surface area contributed by atoms with Gasteiger partial charge in [0.15, 0.2) is 0 Å². The number of rotatable bonds is 5. The number of aryl methyl sites for hydroxylation is 1. The Morgan fingerprint density at radius 3 is 2.59 bits per heavy atom. The molecule has 7 heteroatoms. The van der Waals surface area contributed by atoms with E-state index in [4.69, 9.17) is 0 Å². The lowest BCUT2D eigenvalue weighted by atomic mass is 10.1. The van der Waals surface area contributed by atoms with Gasteiger partial charge in [-0.1, -0.05) is 6.07 Å². The Morgan fingerprint density at radius 1 is 1.14 bits per heavy atom. The maximum absolute atomic E-state index is 12.2. The van der Waals surface area contributed by atoms with Crippen LogP contribution in [-0.4, -0.2) is 38.8 Å². The van der Waals surface area contributed by atoms with Crippen molar-refractivity contribution < 1.29 is 19.5 Å². The van der Waals surface area contributed by atoms with Crippen LogP contribution in [-0.2, 0) is 6.54 Å². The highest BCUT2D eigenvalue weighted by molar-refractivity contribution is 6.21. The minimum absolute atomic E-state index is 0.111. The third kappa shape index (κ3) is 2.37. The number of hydrogen-bond donors (Lipinski definition) is 0. The Kier molecular flexibility index (Phi) is 3.46. The van der Waals surface area contributed by atoms with Crippen LogP contribution in [0.25, 0.3) is 0 Å². The van der Waals surface area contributed by atoms with Crippen LogP contribution < -0.4 is 5.11 Å². The highest BCUT2D eigenvalue weighted by Crippen LogP contribution is 2.24. The molecule has 0 N–H and O–H groups in total. The molecule has 0 aliphatic carbocycles. The minimum Gasteiger partial charge on any atom is -0.545 e. The number of imide groups is 1. The Hall–Kier alpha value is -2.96. The van der Waals surface area contributed by atoms with Crippen LogP contribution in [0.3, 0.4) is 0 Å². The van der Waals surface area contributed by atoms with Crippen LogP contribution >= 0.6 is 0 Å². The summed E-state index contributed by atoms with van der Waals surface area (Å²) in [5, 5.41) is 10.8. The van der Waals surface area contributed by atoms with Crippen molar-refractivity contribution in [3.8, 4) is 0 Å². The highest BCUT2D eigenvalue weighted by Gasteiger charge is 2.35. The molecule has 0 fully saturated rings. The molecule has 7 nitrogen and oxygen atoms in total. The predicted molar refractivity (Wildman–Crippen MR) is 73.0 cm³/mol. The van der Waals surface area contributed by atoms with E-state index in [2.05, 4.69) is 4.98 Å². The lowest BCUT2D eigenvalue weighted by molar-refractivity contribution is -0.255. The predicted octanol–water partition coefficient (Wildman–Crippen LogP) is -0.0671. The second-order valence-corrected chi connectivity index (χ2v) is 4.96. The topological polar surface area (TPSA) is 95.3 Å². The van der Waals surface area contributed by atoms with E-state index in [1.807, 2.05) is 4.57 Å². The molecule has 2 heterocycles. The van der Waals surface area contributed by atoms with Crippen LogP contribution in [0, 0.1) is 0 Å². The molecule has 0 bridgehead atoms. The van der Waals surface area contributed by atoms with E-state index in [-0.39, 0.29) is 23.2 Å². The number of carboxylic acid groups (broad SMARTS) is 1. The summed E-state index contributed by atoms with van der Waals surface area (Å²) in [5.74, 6) is -2.23. The second kappa shape index (κ2) is 5.44. The molecule has 22 heavy (non-hydrogen) atoms. The molecule has 1 aliphatic heterocycles. The van der Waals surface area contributed by atoms with Gasteiger partial charge in [0.1, 0.15) is 0 Å². The number of carbonyl (C=O) groups is 3. The molecule has 0 unspecified atom stereocenters. The third-order valence-electron chi connectivity index (χ3n) is 3.56. The average molecular weight is 298 g/mol. The first-order valence-electron chi connectivity index (χ1n) is 6.75. The number of aromatic carboxylic acids is 1. The van der Waals surface area contributed by atoms with Crippen LogP contribution in [0.1, 0.15) is 37.5 Å². The van der Waals surface area contributed by atoms with Crippen LogP contribution in [0.15, 0.2) is 36.9 Å². The normalized spacial score (nSPS) is 13.5. The highest BCUT2D eigenvalue weighted by atomic mass is 16.4. The maximum atomic E-state index is 12.2. The van der Waals surface area contributed by atoms with Gasteiger partial charge in [0.25, 0.3) is 11.8 Å². The van der Waals surface area contributed by atoms with E-state index in [0.29, 0.717) is 13.0 Å². The average Bonchev–Trinajstić information content (AvgIpc) is 3.10. The molecule has 0 atom stereocenters. The first-order chi connectivity index (χ1) is 10.6. The number of fused-ring (bicyclic) bond motifs is 1. The van der Waals surface area contributed by atoms with Gasteiger partial charge in [-0.05, 0) is 24.1 Å². The molecule has 0 saturated carbocycles. The van der Waals surface area contributed by atoms with Crippen molar-refractivity contribution in [3.05, 3.63) is 53.6 Å². The fourth-order valence-electron chi connectivity index (χ4n) is 2.45. The molecule has 1 aromatic carbocycles. The van der Waals surface area contributed by atoms with Crippen molar-refractivity contribution in [1.29, 1.82) is 0 Å². The summed E-state index contributed by atoms with van der Waals surface area (Å²) >= 11 is 0. The Balaban J connectivity index is 1.73. The molecule has 1 aliphatic rings. The van der Waals surface area contributed by atoms with E-state index in [1.165, 1.54) is 18.2 Å². The zero-order chi connectivity index (χ0) is 15.7. The van der Waals surface area contributed by atoms with Crippen LogP contribution in [0.2, 0.25) is 0 Å². The smallest absolute Gasteiger partial charge is 0.261 e. The number of carboxylic acids is 1. The number of imidazole rings is 1. The van der Waals surface area contributed by atoms with E-state index in [9.17, 15) is 19.5 Å². The number of amides is 2. The quantitative estimate of drug-likeness (QED) is 0.720. The van der Waals surface area contributed by atoms with Crippen molar-refractivity contribution in [1.82, 2.24) is 14.5 Å². The van der Waals surface area contributed by atoms with Gasteiger partial charge in [0.05, 0.1) is 23.4 Å². The van der Waals surface area contributed by atoms with Gasteiger partial charge in [-0.2, -0.15) is 0 Å². The van der Waals surface area contributed by atoms with Gasteiger partial charge in [0, 0.05) is 25.5 Å². The van der Waals surface area contributed by atoms with Gasteiger partial charge >= 0.3 is 0 Å². The summed E-state index contributed by atoms with van der Waals surface area (Å²) in [5.41, 5.74) is 0.243. The molecular formula is C15H12N3O4-. The van der Waals surface area contributed by atoms with Gasteiger partial charge < -0.3 is 14.5 Å². The zero-order valence-corrected chi connectivity index (χ0v) is 11.6. The van der Waals surface area contributed by atoms with Crippen LogP contribution in [0.4, 0.5) is 0 Å². The molecule has 0 radical (unpaired) electrons. The first-order valence-corrected chi connectivity index (χ1v) is 6.75. The fraction of sp³-hybridized carbons (Fsp3) is 0.200. The van der Waals surface area contributed by atoms with Gasteiger partial charge in [-0.15, -0.1) is 0 Å². The Morgan fingerprint density at radius 2 is 1.91 bits per heavy atom. The van der Waals surface area contributed by atoms with Crippen molar-refractivity contribution in [2.45, 2.75) is 13.0 Å². The van der Waals surface area contributed by atoms with E-state index in [1.54, 1.807) is 18.7 Å². The number of carbonyl (C=O) groups excluding carboxylic acids is 3. The van der Waals surface area contributed by atoms with Crippen molar-refractivity contribution in [3.63, 3.8) is 0 Å². The number of benzene rings is 1. The summed E-state index contributed by atoms with van der Waals surface area (Å²) in [7, 11) is 0. The summed E-state index contributed by atoms with van der Waals surface area (Å²) in [4.78, 5) is 40.3. The standard InChI is InChI=1S/C15H13N3O4/c19-13-11-3-2-10(15(21)22)8-12(11)14(20)18(13)6-1-5-17-7-4-16-9-17/h2-4,7-9H,1,5-6H2,(H,21,22)/p-1. The zero-order valence-electron chi connectivity index (χ0n) is 11.6. The molecule has 0 spiro atoms. The molecule has 0 saturated heterocycles. The summed E-state index contributed by atoms with van der Waals surface area (Å²) in [6.45, 7) is 0.906. The van der Waals surface area contributed by atoms with Crippen molar-refractivity contribution in [2.75, 3.05) is 6.54 Å².